The summed E-state index contributed by atoms with van der Waals surface area (Å²) >= 11 is 1.42. The number of nitro benzene ring substituents is 1. The average molecular weight is 310 g/mol. The number of rotatable bonds is 8. The van der Waals surface area contributed by atoms with Crippen molar-refractivity contribution in [3.8, 4) is 0 Å². The molecule has 1 N–H and O–H groups in total. The fourth-order valence-corrected chi connectivity index (χ4v) is 2.00. The van der Waals surface area contributed by atoms with Crippen LogP contribution in [0.2, 0.25) is 0 Å². The zero-order valence-electron chi connectivity index (χ0n) is 12.0. The van der Waals surface area contributed by atoms with Gasteiger partial charge in [0.2, 0.25) is 0 Å². The molecular weight excluding hydrogens is 292 g/mol. The lowest BCUT2D eigenvalue weighted by Gasteiger charge is -2.08. The number of nitro groups is 1. The third kappa shape index (κ3) is 5.57. The predicted octanol–water partition coefficient (Wildman–Crippen LogP) is 2.64. The van der Waals surface area contributed by atoms with Crippen LogP contribution in [0.4, 0.5) is 5.69 Å². The summed E-state index contributed by atoms with van der Waals surface area (Å²) in [6.07, 6.45) is 1.84. The van der Waals surface area contributed by atoms with Crippen molar-refractivity contribution in [2.75, 3.05) is 26.0 Å². The standard InChI is InChI=1S/C14H18N2O4S/c1-10(2)9-20-7-6-15-14(17)12-8-11(21-3)4-5-13(12)16(18)19/h4-5,8H,1,6-7,9H2,2-3H3,(H,15,17). The lowest BCUT2D eigenvalue weighted by atomic mass is 10.1. The van der Waals surface area contributed by atoms with Crippen LogP contribution < -0.4 is 5.32 Å². The first-order chi connectivity index (χ1) is 9.95. The lowest BCUT2D eigenvalue weighted by Crippen LogP contribution is -2.28. The zero-order valence-corrected chi connectivity index (χ0v) is 12.9. The molecule has 1 rings (SSSR count). The van der Waals surface area contributed by atoms with Gasteiger partial charge in [-0.3, -0.25) is 14.9 Å². The van der Waals surface area contributed by atoms with Crippen LogP contribution in [0, 0.1) is 10.1 Å². The topological polar surface area (TPSA) is 81.5 Å². The maximum absolute atomic E-state index is 12.0. The van der Waals surface area contributed by atoms with Crippen LogP contribution in [-0.4, -0.2) is 36.8 Å². The number of carbonyl (C=O) groups is 1. The first kappa shape index (κ1) is 17.2. The fraction of sp³-hybridized carbons (Fsp3) is 0.357. The van der Waals surface area contributed by atoms with E-state index in [9.17, 15) is 14.9 Å². The minimum atomic E-state index is -0.559. The Kier molecular flexibility index (Phi) is 6.90. The molecule has 0 aromatic heterocycles. The summed E-state index contributed by atoms with van der Waals surface area (Å²) in [7, 11) is 0. The molecule has 0 atom stereocenters. The van der Waals surface area contributed by atoms with Gasteiger partial charge in [0.15, 0.2) is 0 Å². The maximum Gasteiger partial charge on any atom is 0.282 e. The molecule has 7 heteroatoms. The first-order valence-electron chi connectivity index (χ1n) is 6.28. The number of nitrogens with one attached hydrogen (secondary N) is 1. The Morgan fingerprint density at radius 3 is 2.81 bits per heavy atom. The Hall–Kier alpha value is -1.86. The molecule has 0 unspecified atom stereocenters. The maximum atomic E-state index is 12.0. The zero-order chi connectivity index (χ0) is 15.8. The van der Waals surface area contributed by atoms with E-state index < -0.39 is 10.8 Å². The molecule has 0 radical (unpaired) electrons. The highest BCUT2D eigenvalue weighted by Gasteiger charge is 2.20. The monoisotopic (exact) mass is 310 g/mol. The van der Waals surface area contributed by atoms with Crippen molar-refractivity contribution in [1.29, 1.82) is 0 Å². The number of carbonyl (C=O) groups excluding carboxylic acids is 1. The normalized spacial score (nSPS) is 10.2. The Balaban J connectivity index is 2.67. The molecule has 0 aliphatic heterocycles. The van der Waals surface area contributed by atoms with Crippen LogP contribution in [0.1, 0.15) is 17.3 Å². The molecule has 0 fully saturated rings. The van der Waals surface area contributed by atoms with Crippen molar-refractivity contribution in [2.45, 2.75) is 11.8 Å². The number of amides is 1. The van der Waals surface area contributed by atoms with Crippen LogP contribution in [0.3, 0.4) is 0 Å². The number of hydrogen-bond acceptors (Lipinski definition) is 5. The number of thioether (sulfide) groups is 1. The van der Waals surface area contributed by atoms with Crippen molar-refractivity contribution in [1.82, 2.24) is 5.32 Å². The number of nitrogens with zero attached hydrogens (tertiary/aromatic N) is 1. The van der Waals surface area contributed by atoms with Gasteiger partial charge in [-0.05, 0) is 25.3 Å². The molecule has 1 aromatic rings. The summed E-state index contributed by atoms with van der Waals surface area (Å²) in [6.45, 7) is 6.58. The van der Waals surface area contributed by atoms with E-state index in [0.29, 0.717) is 13.2 Å². The molecule has 0 spiro atoms. The first-order valence-corrected chi connectivity index (χ1v) is 7.51. The largest absolute Gasteiger partial charge is 0.375 e. The number of ether oxygens (including phenoxy) is 1. The van der Waals surface area contributed by atoms with Gasteiger partial charge in [-0.1, -0.05) is 12.2 Å². The van der Waals surface area contributed by atoms with Crippen LogP contribution in [0.15, 0.2) is 35.2 Å². The molecule has 21 heavy (non-hydrogen) atoms. The summed E-state index contributed by atoms with van der Waals surface area (Å²) in [5.41, 5.74) is 0.754. The van der Waals surface area contributed by atoms with Crippen LogP contribution in [-0.2, 0) is 4.74 Å². The third-order valence-electron chi connectivity index (χ3n) is 2.53. The lowest BCUT2D eigenvalue weighted by molar-refractivity contribution is -0.385. The number of hydrogen-bond donors (Lipinski definition) is 1. The van der Waals surface area contributed by atoms with Gasteiger partial charge in [-0.2, -0.15) is 0 Å². The Bertz CT molecular complexity index is 546. The van der Waals surface area contributed by atoms with E-state index in [1.807, 2.05) is 13.2 Å². The van der Waals surface area contributed by atoms with Gasteiger partial charge in [-0.15, -0.1) is 11.8 Å². The minimum absolute atomic E-state index is 0.0618. The average Bonchev–Trinajstić information content (AvgIpc) is 2.45. The van der Waals surface area contributed by atoms with E-state index in [4.69, 9.17) is 4.74 Å². The van der Waals surface area contributed by atoms with Crippen LogP contribution >= 0.6 is 11.8 Å². The van der Waals surface area contributed by atoms with Gasteiger partial charge in [0, 0.05) is 17.5 Å². The van der Waals surface area contributed by atoms with E-state index in [1.54, 1.807) is 6.07 Å². The Morgan fingerprint density at radius 1 is 1.52 bits per heavy atom. The minimum Gasteiger partial charge on any atom is -0.375 e. The molecule has 0 saturated heterocycles. The molecule has 1 amide bonds. The molecule has 1 aromatic carbocycles. The second-order valence-corrected chi connectivity index (χ2v) is 5.29. The van der Waals surface area contributed by atoms with Crippen molar-refractivity contribution < 1.29 is 14.5 Å². The predicted molar refractivity (Wildman–Crippen MR) is 82.8 cm³/mol. The highest BCUT2D eigenvalue weighted by atomic mass is 32.2. The van der Waals surface area contributed by atoms with E-state index in [1.165, 1.54) is 23.9 Å². The molecule has 0 heterocycles. The van der Waals surface area contributed by atoms with Crippen molar-refractivity contribution in [3.63, 3.8) is 0 Å². The molecule has 114 valence electrons. The molecular formula is C14H18N2O4S. The number of benzene rings is 1. The summed E-state index contributed by atoms with van der Waals surface area (Å²) < 4.78 is 5.25. The highest BCUT2D eigenvalue weighted by Crippen LogP contribution is 2.24. The third-order valence-corrected chi connectivity index (χ3v) is 3.25. The Morgan fingerprint density at radius 2 is 2.24 bits per heavy atom. The molecule has 0 saturated carbocycles. The highest BCUT2D eigenvalue weighted by molar-refractivity contribution is 7.98. The fourth-order valence-electron chi connectivity index (χ4n) is 1.56. The van der Waals surface area contributed by atoms with Crippen molar-refractivity contribution >= 4 is 23.4 Å². The van der Waals surface area contributed by atoms with E-state index >= 15 is 0 Å². The second-order valence-electron chi connectivity index (χ2n) is 4.41. The van der Waals surface area contributed by atoms with Crippen molar-refractivity contribution in [3.05, 3.63) is 46.0 Å². The smallest absolute Gasteiger partial charge is 0.282 e. The van der Waals surface area contributed by atoms with E-state index in [-0.39, 0.29) is 17.8 Å². The molecule has 0 aliphatic carbocycles. The van der Waals surface area contributed by atoms with Crippen LogP contribution in [0.25, 0.3) is 0 Å². The molecule has 0 aliphatic rings. The summed E-state index contributed by atoms with van der Waals surface area (Å²) in [5, 5.41) is 13.6. The van der Waals surface area contributed by atoms with E-state index in [0.717, 1.165) is 10.5 Å². The van der Waals surface area contributed by atoms with Gasteiger partial charge in [0.25, 0.3) is 11.6 Å². The summed E-state index contributed by atoms with van der Waals surface area (Å²) in [6, 6.07) is 4.49. The Labute approximate surface area is 127 Å². The second kappa shape index (κ2) is 8.43. The van der Waals surface area contributed by atoms with Gasteiger partial charge >= 0.3 is 0 Å². The molecule has 6 nitrogen and oxygen atoms in total. The van der Waals surface area contributed by atoms with Gasteiger partial charge < -0.3 is 10.1 Å². The van der Waals surface area contributed by atoms with Gasteiger partial charge in [-0.25, -0.2) is 0 Å². The van der Waals surface area contributed by atoms with Gasteiger partial charge in [0.1, 0.15) is 5.56 Å². The van der Waals surface area contributed by atoms with Gasteiger partial charge in [0.05, 0.1) is 18.1 Å². The summed E-state index contributed by atoms with van der Waals surface area (Å²) in [5.74, 6) is -0.475. The van der Waals surface area contributed by atoms with Crippen molar-refractivity contribution in [2.24, 2.45) is 0 Å². The summed E-state index contributed by atoms with van der Waals surface area (Å²) in [4.78, 5) is 23.2. The van der Waals surface area contributed by atoms with Crippen LogP contribution in [0.5, 0.6) is 0 Å². The SMILES string of the molecule is C=C(C)COCCNC(=O)c1cc(SC)ccc1[N+](=O)[O-]. The molecule has 0 bridgehead atoms. The van der Waals surface area contributed by atoms with E-state index in [2.05, 4.69) is 11.9 Å². The quantitative estimate of drug-likeness (QED) is 0.262.